The summed E-state index contributed by atoms with van der Waals surface area (Å²) in [6.45, 7) is 1.42. The van der Waals surface area contributed by atoms with Crippen molar-refractivity contribution in [3.8, 4) is 0 Å². The molecule has 1 amide bonds. The molecule has 124 valence electrons. The van der Waals surface area contributed by atoms with E-state index in [1.165, 1.54) is 12.1 Å². The Labute approximate surface area is 135 Å². The van der Waals surface area contributed by atoms with Gasteiger partial charge in [0.1, 0.15) is 5.82 Å². The van der Waals surface area contributed by atoms with Crippen LogP contribution >= 0.6 is 0 Å². The average Bonchev–Trinajstić information content (AvgIpc) is 3.33. The van der Waals surface area contributed by atoms with Gasteiger partial charge in [0, 0.05) is 25.4 Å². The molecule has 1 aromatic rings. The Hall–Kier alpha value is -1.91. The van der Waals surface area contributed by atoms with Crippen LogP contribution in [0.15, 0.2) is 24.3 Å². The van der Waals surface area contributed by atoms with Crippen molar-refractivity contribution in [1.29, 1.82) is 0 Å². The van der Waals surface area contributed by atoms with Gasteiger partial charge in [-0.15, -0.1) is 0 Å². The maximum absolute atomic E-state index is 13.3. The molecule has 3 rings (SSSR count). The van der Waals surface area contributed by atoms with Crippen molar-refractivity contribution in [1.82, 2.24) is 4.90 Å². The molecule has 3 atom stereocenters. The second kappa shape index (κ2) is 6.69. The number of likely N-dealkylation sites (tertiary alicyclic amines) is 1. The first-order valence-corrected chi connectivity index (χ1v) is 8.30. The van der Waals surface area contributed by atoms with Gasteiger partial charge >= 0.3 is 5.97 Å². The molecular weight excluding hydrogens is 297 g/mol. The minimum absolute atomic E-state index is 0.0324. The van der Waals surface area contributed by atoms with Gasteiger partial charge in [-0.05, 0) is 55.2 Å². The van der Waals surface area contributed by atoms with E-state index in [0.717, 1.165) is 31.4 Å². The summed E-state index contributed by atoms with van der Waals surface area (Å²) in [6, 6.07) is 6.50. The molecule has 1 aliphatic heterocycles. The third kappa shape index (κ3) is 3.89. The largest absolute Gasteiger partial charge is 0.481 e. The molecule has 2 aliphatic rings. The molecule has 1 saturated carbocycles. The van der Waals surface area contributed by atoms with Gasteiger partial charge in [-0.2, -0.15) is 0 Å². The van der Waals surface area contributed by atoms with E-state index < -0.39 is 5.97 Å². The lowest BCUT2D eigenvalue weighted by atomic mass is 9.93. The minimum Gasteiger partial charge on any atom is -0.481 e. The van der Waals surface area contributed by atoms with Crippen molar-refractivity contribution in [3.05, 3.63) is 35.6 Å². The van der Waals surface area contributed by atoms with Crippen LogP contribution in [0, 0.1) is 17.7 Å². The molecule has 1 N–H and O–H groups in total. The molecule has 1 heterocycles. The fourth-order valence-electron chi connectivity index (χ4n) is 3.64. The molecule has 2 fully saturated rings. The summed E-state index contributed by atoms with van der Waals surface area (Å²) in [5.74, 6) is -0.490. The maximum atomic E-state index is 13.3. The summed E-state index contributed by atoms with van der Waals surface area (Å²) in [7, 11) is 0. The highest BCUT2D eigenvalue weighted by Gasteiger charge is 2.46. The highest BCUT2D eigenvalue weighted by atomic mass is 19.1. The third-order valence-electron chi connectivity index (χ3n) is 4.98. The molecule has 0 unspecified atom stereocenters. The van der Waals surface area contributed by atoms with Gasteiger partial charge < -0.3 is 10.0 Å². The van der Waals surface area contributed by atoms with E-state index >= 15 is 0 Å². The van der Waals surface area contributed by atoms with Crippen LogP contribution in [-0.2, 0) is 9.59 Å². The lowest BCUT2D eigenvalue weighted by Gasteiger charge is -2.33. The second-order valence-corrected chi connectivity index (χ2v) is 6.73. The smallest absolute Gasteiger partial charge is 0.303 e. The number of carboxylic acid groups (broad SMARTS) is 1. The molecule has 0 aromatic heterocycles. The van der Waals surface area contributed by atoms with Gasteiger partial charge in [-0.3, -0.25) is 9.59 Å². The van der Waals surface area contributed by atoms with Crippen molar-refractivity contribution in [2.24, 2.45) is 11.8 Å². The summed E-state index contributed by atoms with van der Waals surface area (Å²) in [5, 5.41) is 8.79. The minimum atomic E-state index is -0.776. The number of carboxylic acids is 1. The zero-order valence-electron chi connectivity index (χ0n) is 13.1. The van der Waals surface area contributed by atoms with Crippen LogP contribution in [0.25, 0.3) is 0 Å². The van der Waals surface area contributed by atoms with Crippen molar-refractivity contribution < 1.29 is 19.1 Å². The van der Waals surface area contributed by atoms with E-state index in [-0.39, 0.29) is 35.9 Å². The van der Waals surface area contributed by atoms with Gasteiger partial charge in [0.15, 0.2) is 0 Å². The van der Waals surface area contributed by atoms with E-state index in [1.54, 1.807) is 6.07 Å². The predicted octanol–water partition coefficient (Wildman–Crippen LogP) is 3.03. The quantitative estimate of drug-likeness (QED) is 0.907. The number of benzene rings is 1. The number of halogens is 1. The summed E-state index contributed by atoms with van der Waals surface area (Å²) in [6.07, 6.45) is 3.53. The van der Waals surface area contributed by atoms with E-state index in [0.29, 0.717) is 13.0 Å². The molecular formula is C18H22FNO3. The summed E-state index contributed by atoms with van der Waals surface area (Å²) < 4.78 is 13.3. The summed E-state index contributed by atoms with van der Waals surface area (Å²) in [5.41, 5.74) is 0.905. The summed E-state index contributed by atoms with van der Waals surface area (Å²) in [4.78, 5) is 25.2. The SMILES string of the molecule is O=C(O)CC[C@@H]1CCCN(C(=O)[C@@H]2C[C@H]2c2cccc(F)c2)C1. The Balaban J connectivity index is 1.55. The lowest BCUT2D eigenvalue weighted by molar-refractivity contribution is -0.137. The zero-order valence-corrected chi connectivity index (χ0v) is 13.1. The van der Waals surface area contributed by atoms with Crippen LogP contribution in [0.3, 0.4) is 0 Å². The zero-order chi connectivity index (χ0) is 16.4. The van der Waals surface area contributed by atoms with Gasteiger partial charge in [0.25, 0.3) is 0 Å². The first-order chi connectivity index (χ1) is 11.0. The first-order valence-electron chi connectivity index (χ1n) is 8.30. The Bertz CT molecular complexity index is 604. The molecule has 1 aromatic carbocycles. The number of aliphatic carboxylic acids is 1. The highest BCUT2D eigenvalue weighted by Crippen LogP contribution is 2.48. The van der Waals surface area contributed by atoms with Crippen molar-refractivity contribution in [2.45, 2.75) is 38.0 Å². The number of hydrogen-bond donors (Lipinski definition) is 1. The fourth-order valence-corrected chi connectivity index (χ4v) is 3.64. The van der Waals surface area contributed by atoms with Crippen LogP contribution in [0.5, 0.6) is 0 Å². The first kappa shape index (κ1) is 16.0. The van der Waals surface area contributed by atoms with Crippen LogP contribution in [0.1, 0.15) is 43.6 Å². The van der Waals surface area contributed by atoms with Crippen molar-refractivity contribution >= 4 is 11.9 Å². The molecule has 0 radical (unpaired) electrons. The van der Waals surface area contributed by atoms with Crippen molar-refractivity contribution in [3.63, 3.8) is 0 Å². The number of amides is 1. The van der Waals surface area contributed by atoms with E-state index in [1.807, 2.05) is 11.0 Å². The molecule has 0 spiro atoms. The standard InChI is InChI=1S/C18H22FNO3/c19-14-5-1-4-13(9-14)15-10-16(15)18(23)20-8-2-3-12(11-20)6-7-17(21)22/h1,4-5,9,12,15-16H,2-3,6-8,10-11H2,(H,21,22)/t12-,15-,16+/m0/s1. The number of hydrogen-bond acceptors (Lipinski definition) is 2. The van der Waals surface area contributed by atoms with E-state index in [2.05, 4.69) is 0 Å². The Kier molecular flexibility index (Phi) is 4.64. The number of nitrogens with zero attached hydrogens (tertiary/aromatic N) is 1. The molecule has 1 aliphatic carbocycles. The fraction of sp³-hybridized carbons (Fsp3) is 0.556. The Morgan fingerprint density at radius 2 is 2.17 bits per heavy atom. The van der Waals surface area contributed by atoms with Gasteiger partial charge in [0.2, 0.25) is 5.91 Å². The molecule has 5 heteroatoms. The van der Waals surface area contributed by atoms with Crippen LogP contribution in [0.4, 0.5) is 4.39 Å². The number of carbonyl (C=O) groups is 2. The number of carbonyl (C=O) groups excluding carboxylic acids is 1. The lowest BCUT2D eigenvalue weighted by Crippen LogP contribution is -2.41. The van der Waals surface area contributed by atoms with E-state index in [4.69, 9.17) is 5.11 Å². The van der Waals surface area contributed by atoms with Gasteiger partial charge in [0.05, 0.1) is 0 Å². The predicted molar refractivity (Wildman–Crippen MR) is 83.4 cm³/mol. The Morgan fingerprint density at radius 3 is 2.91 bits per heavy atom. The highest BCUT2D eigenvalue weighted by molar-refractivity contribution is 5.83. The second-order valence-electron chi connectivity index (χ2n) is 6.73. The van der Waals surface area contributed by atoms with E-state index in [9.17, 15) is 14.0 Å². The Morgan fingerprint density at radius 1 is 1.35 bits per heavy atom. The van der Waals surface area contributed by atoms with Crippen LogP contribution in [0.2, 0.25) is 0 Å². The third-order valence-corrected chi connectivity index (χ3v) is 4.98. The topological polar surface area (TPSA) is 57.6 Å². The van der Waals surface area contributed by atoms with Crippen molar-refractivity contribution in [2.75, 3.05) is 13.1 Å². The van der Waals surface area contributed by atoms with Crippen LogP contribution < -0.4 is 0 Å². The number of rotatable bonds is 5. The number of piperidine rings is 1. The monoisotopic (exact) mass is 319 g/mol. The molecule has 1 saturated heterocycles. The average molecular weight is 319 g/mol. The normalized spacial score (nSPS) is 26.8. The maximum Gasteiger partial charge on any atom is 0.303 e. The van der Waals surface area contributed by atoms with Gasteiger partial charge in [-0.25, -0.2) is 4.39 Å². The van der Waals surface area contributed by atoms with Crippen LogP contribution in [-0.4, -0.2) is 35.0 Å². The van der Waals surface area contributed by atoms with Gasteiger partial charge in [-0.1, -0.05) is 12.1 Å². The molecule has 4 nitrogen and oxygen atoms in total. The molecule has 23 heavy (non-hydrogen) atoms. The molecule has 0 bridgehead atoms. The summed E-state index contributed by atoms with van der Waals surface area (Å²) >= 11 is 0.